The first-order valence-electron chi connectivity index (χ1n) is 15.1. The van der Waals surface area contributed by atoms with Crippen LogP contribution in [0.4, 0.5) is 10.1 Å². The SMILES string of the molecule is O=C(NCc1ccc(Cl)cc1)[C@H](Cc1ccccc1)N(Cc1ccccc1)C(=O)COc1ccc(S(=O)(=O)Nc2ccc(F)cc2)cc1. The van der Waals surface area contributed by atoms with Gasteiger partial charge in [0.05, 0.1) is 4.90 Å². The lowest BCUT2D eigenvalue weighted by atomic mass is 10.0. The Hall–Kier alpha value is -5.19. The normalized spacial score (nSPS) is 11.7. The lowest BCUT2D eigenvalue weighted by Crippen LogP contribution is -2.51. The zero-order valence-electron chi connectivity index (χ0n) is 25.8. The van der Waals surface area contributed by atoms with Crippen LogP contribution in [-0.4, -0.2) is 37.8 Å². The van der Waals surface area contributed by atoms with Gasteiger partial charge in [-0.15, -0.1) is 0 Å². The molecular formula is C37H33ClFN3O5S. The van der Waals surface area contributed by atoms with E-state index < -0.39 is 34.4 Å². The molecule has 0 aliphatic heterocycles. The molecule has 246 valence electrons. The van der Waals surface area contributed by atoms with E-state index in [1.165, 1.54) is 41.3 Å². The third-order valence-corrected chi connectivity index (χ3v) is 9.09. The number of amides is 2. The lowest BCUT2D eigenvalue weighted by molar-refractivity contribution is -0.142. The zero-order chi connectivity index (χ0) is 33.9. The Balaban J connectivity index is 1.33. The average Bonchev–Trinajstić information content (AvgIpc) is 3.10. The monoisotopic (exact) mass is 685 g/mol. The summed E-state index contributed by atoms with van der Waals surface area (Å²) >= 11 is 6.02. The molecule has 0 bridgehead atoms. The van der Waals surface area contributed by atoms with E-state index in [4.69, 9.17) is 16.3 Å². The highest BCUT2D eigenvalue weighted by atomic mass is 35.5. The van der Waals surface area contributed by atoms with Crippen molar-refractivity contribution in [1.29, 1.82) is 0 Å². The van der Waals surface area contributed by atoms with E-state index >= 15 is 0 Å². The zero-order valence-corrected chi connectivity index (χ0v) is 27.3. The Morgan fingerprint density at radius 2 is 1.35 bits per heavy atom. The highest BCUT2D eigenvalue weighted by Crippen LogP contribution is 2.21. The van der Waals surface area contributed by atoms with E-state index in [2.05, 4.69) is 10.0 Å². The maximum absolute atomic E-state index is 13.9. The fourth-order valence-corrected chi connectivity index (χ4v) is 6.10. The smallest absolute Gasteiger partial charge is 0.261 e. The summed E-state index contributed by atoms with van der Waals surface area (Å²) in [7, 11) is -3.95. The molecule has 0 heterocycles. The molecule has 0 fully saturated rings. The molecule has 0 unspecified atom stereocenters. The second-order valence-corrected chi connectivity index (χ2v) is 13.0. The van der Waals surface area contributed by atoms with Crippen LogP contribution in [0.2, 0.25) is 5.02 Å². The molecule has 0 aromatic heterocycles. The van der Waals surface area contributed by atoms with Gasteiger partial charge in [0, 0.05) is 30.2 Å². The van der Waals surface area contributed by atoms with Gasteiger partial charge in [-0.05, 0) is 77.4 Å². The van der Waals surface area contributed by atoms with E-state index in [1.54, 1.807) is 12.1 Å². The van der Waals surface area contributed by atoms with E-state index in [0.29, 0.717) is 5.02 Å². The summed E-state index contributed by atoms with van der Waals surface area (Å²) in [6, 6.07) is 35.6. The minimum atomic E-state index is -3.95. The number of rotatable bonds is 14. The Kier molecular flexibility index (Phi) is 11.4. The van der Waals surface area contributed by atoms with Crippen molar-refractivity contribution >= 4 is 39.1 Å². The summed E-state index contributed by atoms with van der Waals surface area (Å²) < 4.78 is 47.1. The van der Waals surface area contributed by atoms with Crippen molar-refractivity contribution in [2.45, 2.75) is 30.4 Å². The molecule has 0 aliphatic carbocycles. The first-order valence-corrected chi connectivity index (χ1v) is 16.9. The van der Waals surface area contributed by atoms with Crippen molar-refractivity contribution < 1.29 is 27.1 Å². The van der Waals surface area contributed by atoms with Crippen molar-refractivity contribution in [3.05, 3.63) is 161 Å². The lowest BCUT2D eigenvalue weighted by Gasteiger charge is -2.31. The number of hydrogen-bond donors (Lipinski definition) is 2. The van der Waals surface area contributed by atoms with E-state index in [1.807, 2.05) is 72.8 Å². The third kappa shape index (κ3) is 9.66. The first kappa shape index (κ1) is 34.2. The van der Waals surface area contributed by atoms with Gasteiger partial charge in [0.25, 0.3) is 15.9 Å². The Bertz CT molecular complexity index is 1910. The van der Waals surface area contributed by atoms with Crippen molar-refractivity contribution in [3.63, 3.8) is 0 Å². The predicted molar refractivity (Wildman–Crippen MR) is 183 cm³/mol. The van der Waals surface area contributed by atoms with E-state index in [9.17, 15) is 22.4 Å². The second-order valence-electron chi connectivity index (χ2n) is 10.9. The molecular weight excluding hydrogens is 653 g/mol. The maximum atomic E-state index is 13.9. The summed E-state index contributed by atoms with van der Waals surface area (Å²) in [4.78, 5) is 29.2. The van der Waals surface area contributed by atoms with Crippen LogP contribution in [0.15, 0.2) is 138 Å². The van der Waals surface area contributed by atoms with Crippen LogP contribution in [-0.2, 0) is 39.1 Å². The molecule has 2 amide bonds. The number of nitrogens with zero attached hydrogens (tertiary/aromatic N) is 1. The van der Waals surface area contributed by atoms with Crippen LogP contribution in [0.25, 0.3) is 0 Å². The van der Waals surface area contributed by atoms with Gasteiger partial charge in [0.15, 0.2) is 6.61 Å². The number of carbonyl (C=O) groups is 2. The summed E-state index contributed by atoms with van der Waals surface area (Å²) in [6.07, 6.45) is 0.263. The number of ether oxygens (including phenoxy) is 1. The van der Waals surface area contributed by atoms with Crippen molar-refractivity contribution in [1.82, 2.24) is 10.2 Å². The number of halogens is 2. The fraction of sp³-hybridized carbons (Fsp3) is 0.135. The largest absolute Gasteiger partial charge is 0.484 e. The summed E-state index contributed by atoms with van der Waals surface area (Å²) in [5.74, 6) is -0.991. The van der Waals surface area contributed by atoms with Gasteiger partial charge in [0.2, 0.25) is 5.91 Å². The molecule has 0 saturated carbocycles. The van der Waals surface area contributed by atoms with Gasteiger partial charge < -0.3 is 15.0 Å². The molecule has 2 N–H and O–H groups in total. The van der Waals surface area contributed by atoms with Gasteiger partial charge in [0.1, 0.15) is 17.6 Å². The molecule has 5 aromatic carbocycles. The van der Waals surface area contributed by atoms with E-state index in [-0.39, 0.29) is 41.7 Å². The molecule has 0 radical (unpaired) electrons. The van der Waals surface area contributed by atoms with E-state index in [0.717, 1.165) is 28.8 Å². The number of carbonyl (C=O) groups excluding carboxylic acids is 2. The molecule has 5 aromatic rings. The Labute approximate surface area is 284 Å². The van der Waals surface area contributed by atoms with Crippen LogP contribution in [0, 0.1) is 5.82 Å². The van der Waals surface area contributed by atoms with Crippen LogP contribution in [0.3, 0.4) is 0 Å². The fourth-order valence-electron chi connectivity index (χ4n) is 4.92. The summed E-state index contributed by atoms with van der Waals surface area (Å²) in [6.45, 7) is 0.0000809. The Morgan fingerprint density at radius 3 is 1.98 bits per heavy atom. The molecule has 48 heavy (non-hydrogen) atoms. The minimum absolute atomic E-state index is 0.0449. The third-order valence-electron chi connectivity index (χ3n) is 7.44. The maximum Gasteiger partial charge on any atom is 0.261 e. The van der Waals surface area contributed by atoms with Crippen molar-refractivity contribution in [2.24, 2.45) is 0 Å². The standard InChI is InChI=1S/C37H33ClFN3O5S/c38-30-13-11-28(12-14-30)24-40-37(44)35(23-27-7-3-1-4-8-27)42(25-29-9-5-2-6-10-29)36(43)26-47-33-19-21-34(22-20-33)48(45,46)41-32-17-15-31(39)16-18-32/h1-22,35,41H,23-26H2,(H,40,44)/t35-/m0/s1. The van der Waals surface area contributed by atoms with Gasteiger partial charge in [-0.1, -0.05) is 84.4 Å². The van der Waals surface area contributed by atoms with Gasteiger partial charge >= 0.3 is 0 Å². The quantitative estimate of drug-likeness (QED) is 0.137. The molecule has 8 nitrogen and oxygen atoms in total. The topological polar surface area (TPSA) is 105 Å². The van der Waals surface area contributed by atoms with Gasteiger partial charge in [-0.3, -0.25) is 14.3 Å². The number of benzene rings is 5. The molecule has 11 heteroatoms. The number of sulfonamides is 1. The van der Waals surface area contributed by atoms with Crippen molar-refractivity contribution in [3.8, 4) is 5.75 Å². The molecule has 0 saturated heterocycles. The highest BCUT2D eigenvalue weighted by Gasteiger charge is 2.30. The number of anilines is 1. The van der Waals surface area contributed by atoms with Gasteiger partial charge in [-0.2, -0.15) is 0 Å². The van der Waals surface area contributed by atoms with Crippen LogP contribution >= 0.6 is 11.6 Å². The summed E-state index contributed by atoms with van der Waals surface area (Å²) in [5, 5.41) is 3.56. The van der Waals surface area contributed by atoms with Crippen LogP contribution in [0.5, 0.6) is 5.75 Å². The van der Waals surface area contributed by atoms with Crippen molar-refractivity contribution in [2.75, 3.05) is 11.3 Å². The number of nitrogens with one attached hydrogen (secondary N) is 2. The molecule has 5 rings (SSSR count). The molecule has 0 spiro atoms. The van der Waals surface area contributed by atoms with Gasteiger partial charge in [-0.25, -0.2) is 12.8 Å². The first-order chi connectivity index (χ1) is 23.2. The highest BCUT2D eigenvalue weighted by molar-refractivity contribution is 7.92. The molecule has 1 atom stereocenters. The minimum Gasteiger partial charge on any atom is -0.484 e. The number of hydrogen-bond acceptors (Lipinski definition) is 5. The van der Waals surface area contributed by atoms with Crippen LogP contribution in [0.1, 0.15) is 16.7 Å². The average molecular weight is 686 g/mol. The Morgan fingerprint density at radius 1 is 0.750 bits per heavy atom. The second kappa shape index (κ2) is 16.1. The summed E-state index contributed by atoms with van der Waals surface area (Å²) in [5.41, 5.74) is 2.77. The predicted octanol–water partition coefficient (Wildman–Crippen LogP) is 6.62. The molecule has 0 aliphatic rings. The van der Waals surface area contributed by atoms with Crippen LogP contribution < -0.4 is 14.8 Å².